The highest BCUT2D eigenvalue weighted by atomic mass is 16.5. The zero-order valence-corrected chi connectivity index (χ0v) is 10.5. The first-order chi connectivity index (χ1) is 8.31. The molecule has 1 aromatic carbocycles. The van der Waals surface area contributed by atoms with E-state index in [-0.39, 0.29) is 6.61 Å². The number of anilines is 1. The molecule has 0 atom stereocenters. The van der Waals surface area contributed by atoms with E-state index >= 15 is 0 Å². The van der Waals surface area contributed by atoms with Gasteiger partial charge in [-0.1, -0.05) is 13.3 Å². The molecule has 0 saturated heterocycles. The molecule has 0 spiro atoms. The van der Waals surface area contributed by atoms with Crippen LogP contribution in [0.25, 0.3) is 0 Å². The minimum absolute atomic E-state index is 0.0889. The number of unbranched alkanes of at least 4 members (excludes halogenated alkanes) is 1. The van der Waals surface area contributed by atoms with E-state index in [2.05, 4.69) is 12.2 Å². The summed E-state index contributed by atoms with van der Waals surface area (Å²) in [5.41, 5.74) is 0.856. The number of aliphatic hydroxyl groups is 1. The lowest BCUT2D eigenvalue weighted by Gasteiger charge is -2.13. The number of ether oxygens (including phenoxy) is 2. The average molecular weight is 239 g/mol. The highest BCUT2D eigenvalue weighted by Gasteiger charge is 2.05. The summed E-state index contributed by atoms with van der Waals surface area (Å²) in [5, 5.41) is 11.9. The van der Waals surface area contributed by atoms with Crippen molar-refractivity contribution >= 4 is 5.69 Å². The van der Waals surface area contributed by atoms with Crippen LogP contribution in [-0.2, 0) is 0 Å². The number of hydrogen-bond acceptors (Lipinski definition) is 4. The Morgan fingerprint density at radius 3 is 2.82 bits per heavy atom. The molecule has 0 amide bonds. The summed E-state index contributed by atoms with van der Waals surface area (Å²) in [7, 11) is 1.63. The van der Waals surface area contributed by atoms with Crippen molar-refractivity contribution in [3.05, 3.63) is 18.2 Å². The van der Waals surface area contributed by atoms with Gasteiger partial charge >= 0.3 is 0 Å². The molecule has 1 rings (SSSR count). The third kappa shape index (κ3) is 4.53. The maximum absolute atomic E-state index is 8.82. The molecule has 0 radical (unpaired) electrons. The molecule has 0 bridgehead atoms. The zero-order valence-electron chi connectivity index (χ0n) is 10.5. The Balaban J connectivity index is 2.71. The second-order valence-electron chi connectivity index (χ2n) is 3.71. The van der Waals surface area contributed by atoms with Crippen LogP contribution in [0.3, 0.4) is 0 Å². The minimum Gasteiger partial charge on any atom is -0.497 e. The fraction of sp³-hybridized carbons (Fsp3) is 0.538. The summed E-state index contributed by atoms with van der Waals surface area (Å²) in [6.45, 7) is 3.42. The van der Waals surface area contributed by atoms with E-state index < -0.39 is 0 Å². The first-order valence-corrected chi connectivity index (χ1v) is 5.97. The molecule has 96 valence electrons. The van der Waals surface area contributed by atoms with Gasteiger partial charge in [0.25, 0.3) is 0 Å². The maximum atomic E-state index is 8.82. The summed E-state index contributed by atoms with van der Waals surface area (Å²) in [4.78, 5) is 0. The van der Waals surface area contributed by atoms with Gasteiger partial charge in [0.1, 0.15) is 11.5 Å². The van der Waals surface area contributed by atoms with Crippen LogP contribution in [0.1, 0.15) is 19.8 Å². The van der Waals surface area contributed by atoms with Gasteiger partial charge in [0.15, 0.2) is 0 Å². The SMILES string of the molecule is CCCCOc1ccc(OC)cc1NCCO. The Morgan fingerprint density at radius 2 is 2.18 bits per heavy atom. The standard InChI is InChI=1S/C13H21NO3/c1-3-4-9-17-13-6-5-11(16-2)10-12(13)14-7-8-15/h5-6,10,14-15H,3-4,7-9H2,1-2H3. The summed E-state index contributed by atoms with van der Waals surface area (Å²) in [6, 6.07) is 5.62. The summed E-state index contributed by atoms with van der Waals surface area (Å²) >= 11 is 0. The Labute approximate surface area is 103 Å². The zero-order chi connectivity index (χ0) is 12.5. The summed E-state index contributed by atoms with van der Waals surface area (Å²) < 4.78 is 10.8. The Kier molecular flexibility index (Phi) is 6.25. The van der Waals surface area contributed by atoms with Crippen molar-refractivity contribution in [1.82, 2.24) is 0 Å². The topological polar surface area (TPSA) is 50.7 Å². The molecule has 4 nitrogen and oxygen atoms in total. The molecule has 0 fully saturated rings. The molecule has 17 heavy (non-hydrogen) atoms. The van der Waals surface area contributed by atoms with Crippen LogP contribution < -0.4 is 14.8 Å². The predicted octanol–water partition coefficient (Wildman–Crippen LogP) is 2.28. The fourth-order valence-corrected chi connectivity index (χ4v) is 1.42. The van der Waals surface area contributed by atoms with Gasteiger partial charge in [0, 0.05) is 12.6 Å². The average Bonchev–Trinajstić information content (AvgIpc) is 2.37. The van der Waals surface area contributed by atoms with Crippen molar-refractivity contribution in [3.8, 4) is 11.5 Å². The molecule has 0 aliphatic carbocycles. The largest absolute Gasteiger partial charge is 0.497 e. The molecular weight excluding hydrogens is 218 g/mol. The predicted molar refractivity (Wildman–Crippen MR) is 69.0 cm³/mol. The number of rotatable bonds is 8. The van der Waals surface area contributed by atoms with Gasteiger partial charge < -0.3 is 19.9 Å². The fourth-order valence-electron chi connectivity index (χ4n) is 1.42. The molecule has 0 aromatic heterocycles. The van der Waals surface area contributed by atoms with Gasteiger partial charge in [-0.3, -0.25) is 0 Å². The monoisotopic (exact) mass is 239 g/mol. The molecule has 4 heteroatoms. The van der Waals surface area contributed by atoms with Gasteiger partial charge in [-0.15, -0.1) is 0 Å². The van der Waals surface area contributed by atoms with Gasteiger partial charge in [0.05, 0.1) is 26.0 Å². The maximum Gasteiger partial charge on any atom is 0.142 e. The Morgan fingerprint density at radius 1 is 1.35 bits per heavy atom. The van der Waals surface area contributed by atoms with Crippen LogP contribution in [-0.4, -0.2) is 32.0 Å². The van der Waals surface area contributed by atoms with Gasteiger partial charge in [-0.25, -0.2) is 0 Å². The molecule has 0 saturated carbocycles. The van der Waals surface area contributed by atoms with E-state index in [1.165, 1.54) is 0 Å². The molecule has 0 aliphatic rings. The smallest absolute Gasteiger partial charge is 0.142 e. The van der Waals surface area contributed by atoms with Crippen LogP contribution in [0.5, 0.6) is 11.5 Å². The van der Waals surface area contributed by atoms with Crippen molar-refractivity contribution in [2.75, 3.05) is 32.2 Å². The number of benzene rings is 1. The molecule has 2 N–H and O–H groups in total. The lowest BCUT2D eigenvalue weighted by atomic mass is 10.2. The van der Waals surface area contributed by atoms with Crippen LogP contribution in [0, 0.1) is 0 Å². The number of aliphatic hydroxyl groups excluding tert-OH is 1. The van der Waals surface area contributed by atoms with Gasteiger partial charge in [-0.05, 0) is 18.6 Å². The van der Waals surface area contributed by atoms with Crippen molar-refractivity contribution in [3.63, 3.8) is 0 Å². The van der Waals surface area contributed by atoms with E-state index in [0.717, 1.165) is 30.0 Å². The highest BCUT2D eigenvalue weighted by molar-refractivity contribution is 5.59. The second-order valence-corrected chi connectivity index (χ2v) is 3.71. The van der Waals surface area contributed by atoms with E-state index in [1.807, 2.05) is 18.2 Å². The van der Waals surface area contributed by atoms with Crippen molar-refractivity contribution in [2.24, 2.45) is 0 Å². The van der Waals surface area contributed by atoms with E-state index in [1.54, 1.807) is 7.11 Å². The first kappa shape index (κ1) is 13.6. The van der Waals surface area contributed by atoms with Crippen LogP contribution in [0.2, 0.25) is 0 Å². The van der Waals surface area contributed by atoms with Crippen molar-refractivity contribution in [1.29, 1.82) is 0 Å². The number of hydrogen-bond donors (Lipinski definition) is 2. The third-order valence-electron chi connectivity index (χ3n) is 2.37. The van der Waals surface area contributed by atoms with E-state index in [9.17, 15) is 0 Å². The van der Waals surface area contributed by atoms with Crippen LogP contribution >= 0.6 is 0 Å². The normalized spacial score (nSPS) is 10.1. The lowest BCUT2D eigenvalue weighted by molar-refractivity contribution is 0.305. The van der Waals surface area contributed by atoms with Crippen LogP contribution in [0.4, 0.5) is 5.69 Å². The second kappa shape index (κ2) is 7.79. The van der Waals surface area contributed by atoms with Gasteiger partial charge in [-0.2, -0.15) is 0 Å². The molecular formula is C13H21NO3. The Hall–Kier alpha value is -1.42. The molecule has 1 aromatic rings. The first-order valence-electron chi connectivity index (χ1n) is 5.97. The lowest BCUT2D eigenvalue weighted by Crippen LogP contribution is -2.08. The molecule has 0 heterocycles. The quantitative estimate of drug-likeness (QED) is 0.683. The minimum atomic E-state index is 0.0889. The van der Waals surface area contributed by atoms with E-state index in [4.69, 9.17) is 14.6 Å². The van der Waals surface area contributed by atoms with Crippen LogP contribution in [0.15, 0.2) is 18.2 Å². The number of nitrogens with one attached hydrogen (secondary N) is 1. The molecule has 0 aliphatic heterocycles. The highest BCUT2D eigenvalue weighted by Crippen LogP contribution is 2.29. The Bertz CT molecular complexity index is 328. The summed E-state index contributed by atoms with van der Waals surface area (Å²) in [5.74, 6) is 1.57. The van der Waals surface area contributed by atoms with E-state index in [0.29, 0.717) is 13.2 Å². The summed E-state index contributed by atoms with van der Waals surface area (Å²) in [6.07, 6.45) is 2.14. The number of methoxy groups -OCH3 is 1. The third-order valence-corrected chi connectivity index (χ3v) is 2.37. The van der Waals surface area contributed by atoms with Crippen molar-refractivity contribution in [2.45, 2.75) is 19.8 Å². The van der Waals surface area contributed by atoms with Gasteiger partial charge in [0.2, 0.25) is 0 Å². The van der Waals surface area contributed by atoms with Crippen molar-refractivity contribution < 1.29 is 14.6 Å². The molecule has 0 unspecified atom stereocenters.